The third-order valence-electron chi connectivity index (χ3n) is 4.41. The summed E-state index contributed by atoms with van der Waals surface area (Å²) in [6.45, 7) is 6.63. The number of fused-ring (bicyclic) bond motifs is 2. The van der Waals surface area contributed by atoms with Gasteiger partial charge in [0.05, 0.1) is 0 Å². The van der Waals surface area contributed by atoms with Gasteiger partial charge in [-0.15, -0.1) is 0 Å². The molecule has 2 amide bonds. The molecule has 2 unspecified atom stereocenters. The molecule has 0 aromatic rings. The van der Waals surface area contributed by atoms with Gasteiger partial charge < -0.3 is 20.1 Å². The minimum absolute atomic E-state index is 0.0246. The lowest BCUT2D eigenvalue weighted by atomic mass is 9.73. The molecular formula is C17H26N2O5. The lowest BCUT2D eigenvalue weighted by Crippen LogP contribution is -2.59. The van der Waals surface area contributed by atoms with Gasteiger partial charge in [-0.2, -0.15) is 0 Å². The van der Waals surface area contributed by atoms with Crippen LogP contribution in [0, 0.1) is 11.8 Å². The largest absolute Gasteiger partial charge is 0.478 e. The van der Waals surface area contributed by atoms with Crippen molar-refractivity contribution < 1.29 is 24.2 Å². The molecule has 2 atom stereocenters. The van der Waals surface area contributed by atoms with Crippen LogP contribution < -0.4 is 5.32 Å². The highest BCUT2D eigenvalue weighted by Gasteiger charge is 2.42. The molecule has 2 rings (SSSR count). The number of likely N-dealkylation sites (tertiary alicyclic amines) is 1. The van der Waals surface area contributed by atoms with Crippen LogP contribution in [-0.2, 0) is 14.3 Å². The lowest BCUT2D eigenvalue weighted by molar-refractivity contribution is -0.131. The van der Waals surface area contributed by atoms with Gasteiger partial charge in [0.1, 0.15) is 5.60 Å². The van der Waals surface area contributed by atoms with E-state index in [2.05, 4.69) is 5.32 Å². The Kier molecular flexibility index (Phi) is 5.51. The first-order chi connectivity index (χ1) is 11.2. The first-order valence-electron chi connectivity index (χ1n) is 8.35. The van der Waals surface area contributed by atoms with Crippen molar-refractivity contribution in [2.75, 3.05) is 13.1 Å². The van der Waals surface area contributed by atoms with E-state index in [0.29, 0.717) is 13.1 Å². The van der Waals surface area contributed by atoms with E-state index in [1.165, 1.54) is 0 Å². The average Bonchev–Trinajstić information content (AvgIpc) is 2.42. The first-order valence-corrected chi connectivity index (χ1v) is 8.35. The molecule has 2 N–H and O–H groups in total. The molecule has 24 heavy (non-hydrogen) atoms. The Balaban J connectivity index is 1.99. The fraction of sp³-hybridized carbons (Fsp3) is 0.706. The minimum atomic E-state index is -1.15. The number of carboxylic acids is 1. The molecule has 2 fully saturated rings. The third kappa shape index (κ3) is 4.97. The molecule has 2 aliphatic rings. The van der Waals surface area contributed by atoms with Gasteiger partial charge in [-0.1, -0.05) is 6.42 Å². The van der Waals surface area contributed by atoms with Crippen LogP contribution in [-0.4, -0.2) is 52.7 Å². The maximum Gasteiger partial charge on any atom is 0.410 e. The van der Waals surface area contributed by atoms with Crippen molar-refractivity contribution in [3.05, 3.63) is 12.2 Å². The molecular weight excluding hydrogens is 312 g/mol. The minimum Gasteiger partial charge on any atom is -0.478 e. The lowest BCUT2D eigenvalue weighted by Gasteiger charge is -2.47. The van der Waals surface area contributed by atoms with Crippen molar-refractivity contribution in [2.45, 2.75) is 51.7 Å². The molecule has 0 aromatic carbocycles. The van der Waals surface area contributed by atoms with E-state index in [0.717, 1.165) is 31.4 Å². The molecule has 1 saturated heterocycles. The maximum absolute atomic E-state index is 12.3. The number of carboxylic acid groups (broad SMARTS) is 1. The third-order valence-corrected chi connectivity index (χ3v) is 4.41. The van der Waals surface area contributed by atoms with Gasteiger partial charge in [-0.3, -0.25) is 4.79 Å². The van der Waals surface area contributed by atoms with E-state index in [1.807, 2.05) is 20.8 Å². The van der Waals surface area contributed by atoms with Crippen LogP contribution in [0.15, 0.2) is 12.2 Å². The van der Waals surface area contributed by atoms with Gasteiger partial charge >= 0.3 is 12.1 Å². The standard InChI is InChI=1S/C17H26N2O5/c1-17(2,3)24-16(23)19-9-11-5-4-6-12(10-19)15(11)18-13(20)7-8-14(21)22/h7-8,11-12,15H,4-6,9-10H2,1-3H3,(H,18,20)(H,21,22). The Morgan fingerprint density at radius 3 is 2.21 bits per heavy atom. The van der Waals surface area contributed by atoms with E-state index in [4.69, 9.17) is 9.84 Å². The second-order valence-corrected chi connectivity index (χ2v) is 7.54. The van der Waals surface area contributed by atoms with Crippen LogP contribution in [0.1, 0.15) is 40.0 Å². The Morgan fingerprint density at radius 1 is 1.12 bits per heavy atom. The summed E-state index contributed by atoms with van der Waals surface area (Å²) in [4.78, 5) is 36.4. The van der Waals surface area contributed by atoms with Crippen molar-refractivity contribution in [1.82, 2.24) is 10.2 Å². The highest BCUT2D eigenvalue weighted by Crippen LogP contribution is 2.35. The van der Waals surface area contributed by atoms with Gasteiger partial charge in [0.25, 0.3) is 0 Å². The van der Waals surface area contributed by atoms with E-state index in [1.54, 1.807) is 4.90 Å². The zero-order valence-corrected chi connectivity index (χ0v) is 14.4. The summed E-state index contributed by atoms with van der Waals surface area (Å²) in [6, 6.07) is -0.0246. The molecule has 2 bridgehead atoms. The van der Waals surface area contributed by atoms with E-state index in [-0.39, 0.29) is 24.0 Å². The Labute approximate surface area is 142 Å². The summed E-state index contributed by atoms with van der Waals surface area (Å²) >= 11 is 0. The van der Waals surface area contributed by atoms with Crippen molar-refractivity contribution in [3.8, 4) is 0 Å². The van der Waals surface area contributed by atoms with Gasteiger partial charge in [-0.25, -0.2) is 9.59 Å². The number of nitrogens with zero attached hydrogens (tertiary/aromatic N) is 1. The van der Waals surface area contributed by atoms with Crippen molar-refractivity contribution in [3.63, 3.8) is 0 Å². The second-order valence-electron chi connectivity index (χ2n) is 7.54. The average molecular weight is 338 g/mol. The summed E-state index contributed by atoms with van der Waals surface area (Å²) < 4.78 is 5.45. The Hall–Kier alpha value is -2.05. The predicted molar refractivity (Wildman–Crippen MR) is 87.3 cm³/mol. The monoisotopic (exact) mass is 338 g/mol. The molecule has 1 aliphatic carbocycles. The zero-order chi connectivity index (χ0) is 17.9. The molecule has 134 valence electrons. The number of amides is 2. The topological polar surface area (TPSA) is 95.9 Å². The maximum atomic E-state index is 12.3. The molecule has 7 heteroatoms. The summed E-state index contributed by atoms with van der Waals surface area (Å²) in [6.07, 6.45) is 4.51. The van der Waals surface area contributed by atoms with E-state index >= 15 is 0 Å². The van der Waals surface area contributed by atoms with E-state index < -0.39 is 17.5 Å². The van der Waals surface area contributed by atoms with Crippen LogP contribution in [0.3, 0.4) is 0 Å². The molecule has 1 heterocycles. The number of carbonyl (C=O) groups excluding carboxylic acids is 2. The number of aliphatic carboxylic acids is 1. The first kappa shape index (κ1) is 18.3. The van der Waals surface area contributed by atoms with Crippen LogP contribution in [0.5, 0.6) is 0 Å². The Morgan fingerprint density at radius 2 is 1.71 bits per heavy atom. The van der Waals surface area contributed by atoms with Gasteiger partial charge in [0, 0.05) is 31.3 Å². The molecule has 1 aliphatic heterocycles. The molecule has 0 spiro atoms. The predicted octanol–water partition coefficient (Wildman–Crippen LogP) is 1.78. The van der Waals surface area contributed by atoms with Gasteiger partial charge in [-0.05, 0) is 45.4 Å². The number of piperidine rings is 1. The van der Waals surface area contributed by atoms with Crippen LogP contribution in [0.4, 0.5) is 4.79 Å². The van der Waals surface area contributed by atoms with Crippen LogP contribution in [0.25, 0.3) is 0 Å². The second kappa shape index (κ2) is 7.23. The Bertz CT molecular complexity index is 524. The quantitative estimate of drug-likeness (QED) is 0.765. The molecule has 1 saturated carbocycles. The number of carbonyl (C=O) groups is 3. The number of ether oxygens (including phenoxy) is 1. The number of hydrogen-bond acceptors (Lipinski definition) is 4. The van der Waals surface area contributed by atoms with E-state index in [9.17, 15) is 14.4 Å². The molecule has 0 aromatic heterocycles. The van der Waals surface area contributed by atoms with Crippen molar-refractivity contribution >= 4 is 18.0 Å². The summed E-state index contributed by atoms with van der Waals surface area (Å²) in [5, 5.41) is 11.5. The number of nitrogens with one attached hydrogen (secondary N) is 1. The highest BCUT2D eigenvalue weighted by molar-refractivity contribution is 5.94. The molecule has 0 radical (unpaired) electrons. The number of hydrogen-bond donors (Lipinski definition) is 2. The SMILES string of the molecule is CC(C)(C)OC(=O)N1CC2CCCC(C1)C2NC(=O)C=CC(=O)O. The normalized spacial score (nSPS) is 27.0. The fourth-order valence-electron chi connectivity index (χ4n) is 3.51. The molecule has 7 nitrogen and oxygen atoms in total. The van der Waals surface area contributed by atoms with Crippen molar-refractivity contribution in [1.29, 1.82) is 0 Å². The summed E-state index contributed by atoms with van der Waals surface area (Å²) in [5.74, 6) is -1.20. The smallest absolute Gasteiger partial charge is 0.410 e. The summed E-state index contributed by atoms with van der Waals surface area (Å²) in [7, 11) is 0. The van der Waals surface area contributed by atoms with Crippen molar-refractivity contribution in [2.24, 2.45) is 11.8 Å². The van der Waals surface area contributed by atoms with Gasteiger partial charge in [0.15, 0.2) is 0 Å². The summed E-state index contributed by atoms with van der Waals surface area (Å²) in [5.41, 5.74) is -0.529. The van der Waals surface area contributed by atoms with Gasteiger partial charge in [0.2, 0.25) is 5.91 Å². The highest BCUT2D eigenvalue weighted by atomic mass is 16.6. The zero-order valence-electron chi connectivity index (χ0n) is 14.4. The van der Waals surface area contributed by atoms with Crippen LogP contribution >= 0.6 is 0 Å². The fourth-order valence-corrected chi connectivity index (χ4v) is 3.51. The number of rotatable bonds is 3. The van der Waals surface area contributed by atoms with Crippen LogP contribution in [0.2, 0.25) is 0 Å².